The lowest BCUT2D eigenvalue weighted by Gasteiger charge is -2.09. The molecule has 0 saturated carbocycles. The summed E-state index contributed by atoms with van der Waals surface area (Å²) < 4.78 is 10.4. The van der Waals surface area contributed by atoms with E-state index >= 15 is 0 Å². The standard InChI is InChI=1S/C11H13N3O2/c1-15-7-3-4-10(16-2)8(5-7)11-9(12)6-13-14-11/h3-6H,12H2,1-2H3,(H,13,14). The second-order valence-corrected chi connectivity index (χ2v) is 3.27. The van der Waals surface area contributed by atoms with Crippen molar-refractivity contribution in [2.45, 2.75) is 0 Å². The van der Waals surface area contributed by atoms with Crippen molar-refractivity contribution >= 4 is 5.69 Å². The smallest absolute Gasteiger partial charge is 0.128 e. The fourth-order valence-corrected chi connectivity index (χ4v) is 1.52. The molecule has 16 heavy (non-hydrogen) atoms. The molecule has 0 aliphatic rings. The van der Waals surface area contributed by atoms with E-state index in [0.29, 0.717) is 5.69 Å². The topological polar surface area (TPSA) is 73.2 Å². The van der Waals surface area contributed by atoms with Gasteiger partial charge in [0.2, 0.25) is 0 Å². The predicted molar refractivity (Wildman–Crippen MR) is 61.5 cm³/mol. The third-order valence-electron chi connectivity index (χ3n) is 2.34. The van der Waals surface area contributed by atoms with Gasteiger partial charge in [-0.15, -0.1) is 0 Å². The summed E-state index contributed by atoms with van der Waals surface area (Å²) in [6, 6.07) is 5.51. The molecule has 0 saturated heterocycles. The van der Waals surface area contributed by atoms with Gasteiger partial charge in [-0.3, -0.25) is 5.10 Å². The highest BCUT2D eigenvalue weighted by Crippen LogP contribution is 2.34. The minimum Gasteiger partial charge on any atom is -0.497 e. The van der Waals surface area contributed by atoms with Gasteiger partial charge < -0.3 is 15.2 Å². The summed E-state index contributed by atoms with van der Waals surface area (Å²) in [6.45, 7) is 0. The average molecular weight is 219 g/mol. The Morgan fingerprint density at radius 1 is 1.25 bits per heavy atom. The Balaban J connectivity index is 2.57. The van der Waals surface area contributed by atoms with Crippen molar-refractivity contribution in [2.75, 3.05) is 20.0 Å². The van der Waals surface area contributed by atoms with E-state index in [-0.39, 0.29) is 0 Å². The van der Waals surface area contributed by atoms with Gasteiger partial charge in [0.25, 0.3) is 0 Å². The van der Waals surface area contributed by atoms with E-state index in [2.05, 4.69) is 10.2 Å². The number of aromatic amines is 1. The first-order valence-electron chi connectivity index (χ1n) is 4.77. The van der Waals surface area contributed by atoms with E-state index in [1.807, 2.05) is 18.2 Å². The molecule has 0 aliphatic carbocycles. The fraction of sp³-hybridized carbons (Fsp3) is 0.182. The predicted octanol–water partition coefficient (Wildman–Crippen LogP) is 1.68. The van der Waals surface area contributed by atoms with E-state index in [4.69, 9.17) is 15.2 Å². The van der Waals surface area contributed by atoms with Crippen molar-refractivity contribution < 1.29 is 9.47 Å². The van der Waals surface area contributed by atoms with Crippen molar-refractivity contribution in [1.29, 1.82) is 0 Å². The van der Waals surface area contributed by atoms with Crippen LogP contribution in [0.3, 0.4) is 0 Å². The Morgan fingerprint density at radius 3 is 2.62 bits per heavy atom. The van der Waals surface area contributed by atoms with Crippen LogP contribution in [0.1, 0.15) is 0 Å². The molecule has 1 heterocycles. The molecule has 5 heteroatoms. The number of H-pyrrole nitrogens is 1. The quantitative estimate of drug-likeness (QED) is 0.823. The maximum absolute atomic E-state index is 5.80. The average Bonchev–Trinajstić information content (AvgIpc) is 2.74. The Labute approximate surface area is 93.2 Å². The highest BCUT2D eigenvalue weighted by molar-refractivity contribution is 5.77. The summed E-state index contributed by atoms with van der Waals surface area (Å²) in [6.07, 6.45) is 1.56. The number of benzene rings is 1. The number of aromatic nitrogens is 2. The van der Waals surface area contributed by atoms with E-state index in [1.165, 1.54) is 0 Å². The second kappa shape index (κ2) is 4.14. The first-order valence-corrected chi connectivity index (χ1v) is 4.77. The molecule has 0 radical (unpaired) electrons. The van der Waals surface area contributed by atoms with Crippen LogP contribution in [0.15, 0.2) is 24.4 Å². The van der Waals surface area contributed by atoms with Gasteiger partial charge in [-0.25, -0.2) is 0 Å². The number of nitrogens with one attached hydrogen (secondary N) is 1. The first-order chi connectivity index (χ1) is 7.76. The number of nitrogens with zero attached hydrogens (tertiary/aromatic N) is 1. The van der Waals surface area contributed by atoms with Crippen molar-refractivity contribution in [3.63, 3.8) is 0 Å². The zero-order chi connectivity index (χ0) is 11.5. The van der Waals surface area contributed by atoms with Crippen LogP contribution in [-0.2, 0) is 0 Å². The summed E-state index contributed by atoms with van der Waals surface area (Å²) in [7, 11) is 3.22. The van der Waals surface area contributed by atoms with Crippen LogP contribution in [0, 0.1) is 0 Å². The minimum atomic E-state index is 0.576. The number of nitrogens with two attached hydrogens (primary N) is 1. The third kappa shape index (κ3) is 1.67. The molecule has 0 aliphatic heterocycles. The van der Waals surface area contributed by atoms with Crippen LogP contribution < -0.4 is 15.2 Å². The van der Waals surface area contributed by atoms with Crippen LogP contribution in [0.5, 0.6) is 11.5 Å². The molecule has 1 aromatic carbocycles. The van der Waals surface area contributed by atoms with Gasteiger partial charge in [0.15, 0.2) is 0 Å². The maximum Gasteiger partial charge on any atom is 0.128 e. The molecule has 0 spiro atoms. The number of rotatable bonds is 3. The van der Waals surface area contributed by atoms with Gasteiger partial charge in [-0.1, -0.05) is 0 Å². The highest BCUT2D eigenvalue weighted by Gasteiger charge is 2.11. The largest absolute Gasteiger partial charge is 0.497 e. The first kappa shape index (κ1) is 10.4. The van der Waals surface area contributed by atoms with Gasteiger partial charge in [-0.05, 0) is 18.2 Å². The molecule has 0 bridgehead atoms. The zero-order valence-corrected chi connectivity index (χ0v) is 9.15. The van der Waals surface area contributed by atoms with E-state index in [9.17, 15) is 0 Å². The van der Waals surface area contributed by atoms with Crippen molar-refractivity contribution in [3.8, 4) is 22.8 Å². The number of methoxy groups -OCH3 is 2. The summed E-state index contributed by atoms with van der Waals surface area (Å²) in [5.74, 6) is 1.46. The van der Waals surface area contributed by atoms with E-state index in [1.54, 1.807) is 20.4 Å². The molecule has 0 unspecified atom stereocenters. The fourth-order valence-electron chi connectivity index (χ4n) is 1.52. The number of ether oxygens (including phenoxy) is 2. The summed E-state index contributed by atoms with van der Waals surface area (Å²) >= 11 is 0. The van der Waals surface area contributed by atoms with Crippen molar-refractivity contribution in [2.24, 2.45) is 0 Å². The van der Waals surface area contributed by atoms with Crippen LogP contribution in [0.2, 0.25) is 0 Å². The molecule has 0 atom stereocenters. The molecule has 3 N–H and O–H groups in total. The Kier molecular flexibility index (Phi) is 2.68. The Bertz CT molecular complexity index is 494. The van der Waals surface area contributed by atoms with Crippen LogP contribution in [0.25, 0.3) is 11.3 Å². The van der Waals surface area contributed by atoms with Gasteiger partial charge in [-0.2, -0.15) is 5.10 Å². The molecular weight excluding hydrogens is 206 g/mol. The SMILES string of the molecule is COc1ccc(OC)c(-c2[nH]ncc2N)c1. The lowest BCUT2D eigenvalue weighted by molar-refractivity contribution is 0.404. The summed E-state index contributed by atoms with van der Waals surface area (Å²) in [5.41, 5.74) is 7.94. The van der Waals surface area contributed by atoms with Gasteiger partial charge >= 0.3 is 0 Å². The number of hydrogen-bond acceptors (Lipinski definition) is 4. The number of anilines is 1. The van der Waals surface area contributed by atoms with Gasteiger partial charge in [0.05, 0.1) is 31.8 Å². The maximum atomic E-state index is 5.80. The molecule has 1 aromatic heterocycles. The molecule has 0 amide bonds. The summed E-state index contributed by atoms with van der Waals surface area (Å²) in [5, 5.41) is 6.72. The Morgan fingerprint density at radius 2 is 2.06 bits per heavy atom. The van der Waals surface area contributed by atoms with Crippen LogP contribution >= 0.6 is 0 Å². The molecular formula is C11H13N3O2. The number of nitrogen functional groups attached to an aromatic ring is 1. The molecule has 84 valence electrons. The Hall–Kier alpha value is -2.17. The lowest BCUT2D eigenvalue weighted by Crippen LogP contribution is -1.93. The molecule has 2 rings (SSSR count). The van der Waals surface area contributed by atoms with Crippen LogP contribution in [-0.4, -0.2) is 24.4 Å². The van der Waals surface area contributed by atoms with Crippen molar-refractivity contribution in [3.05, 3.63) is 24.4 Å². The second-order valence-electron chi connectivity index (χ2n) is 3.27. The molecule has 0 fully saturated rings. The van der Waals surface area contributed by atoms with E-state index < -0.39 is 0 Å². The van der Waals surface area contributed by atoms with E-state index in [0.717, 1.165) is 22.8 Å². The normalized spacial score (nSPS) is 10.1. The summed E-state index contributed by atoms with van der Waals surface area (Å²) in [4.78, 5) is 0. The van der Waals surface area contributed by atoms with Crippen LogP contribution in [0.4, 0.5) is 5.69 Å². The highest BCUT2D eigenvalue weighted by atomic mass is 16.5. The molecule has 2 aromatic rings. The number of hydrogen-bond donors (Lipinski definition) is 2. The van der Waals surface area contributed by atoms with Crippen molar-refractivity contribution in [1.82, 2.24) is 10.2 Å². The lowest BCUT2D eigenvalue weighted by atomic mass is 10.1. The van der Waals surface area contributed by atoms with Gasteiger partial charge in [0, 0.05) is 5.56 Å². The minimum absolute atomic E-state index is 0.576. The van der Waals surface area contributed by atoms with Gasteiger partial charge in [0.1, 0.15) is 11.5 Å². The monoisotopic (exact) mass is 219 g/mol. The molecule has 5 nitrogen and oxygen atoms in total. The zero-order valence-electron chi connectivity index (χ0n) is 9.15. The third-order valence-corrected chi connectivity index (χ3v) is 2.34.